The third-order valence-corrected chi connectivity index (χ3v) is 8.76. The topological polar surface area (TPSA) is 37.3 Å². The number of carbonyl (C=O) groups excluding carboxylic acids is 1. The van der Waals surface area contributed by atoms with Crippen LogP contribution in [0.1, 0.15) is 42.5 Å². The molecule has 4 saturated carbocycles. The van der Waals surface area contributed by atoms with E-state index in [4.69, 9.17) is 0 Å². The summed E-state index contributed by atoms with van der Waals surface area (Å²) in [5, 5.41) is 10.9. The number of benzene rings is 2. The second-order valence-corrected chi connectivity index (χ2v) is 10.4. The van der Waals surface area contributed by atoms with Gasteiger partial charge in [0.05, 0.1) is 0 Å². The summed E-state index contributed by atoms with van der Waals surface area (Å²) in [7, 11) is 0. The zero-order chi connectivity index (χ0) is 19.7. The predicted molar refractivity (Wildman–Crippen MR) is 114 cm³/mol. The van der Waals surface area contributed by atoms with E-state index in [1.807, 2.05) is 6.07 Å². The highest BCUT2D eigenvalue weighted by atomic mass is 32.1. The molecule has 1 heterocycles. The van der Waals surface area contributed by atoms with Gasteiger partial charge in [0, 0.05) is 26.4 Å². The number of rotatable bonds is 3. The lowest BCUT2D eigenvalue weighted by molar-refractivity contribution is -0.0250. The molecule has 4 bridgehead atoms. The maximum atomic E-state index is 14.0. The van der Waals surface area contributed by atoms with Crippen molar-refractivity contribution in [3.05, 3.63) is 53.8 Å². The Morgan fingerprint density at radius 1 is 0.931 bits per heavy atom. The quantitative estimate of drug-likeness (QED) is 0.493. The van der Waals surface area contributed by atoms with Gasteiger partial charge in [-0.25, -0.2) is 4.39 Å². The summed E-state index contributed by atoms with van der Waals surface area (Å²) in [6.07, 6.45) is 6.20. The Hall–Kier alpha value is -2.20. The molecule has 0 spiro atoms. The molecule has 0 radical (unpaired) electrons. The fourth-order valence-electron chi connectivity index (χ4n) is 6.65. The average molecular weight is 407 g/mol. The number of phenols is 1. The number of phenolic OH excluding ortho intramolecular Hbond substituents is 1. The molecule has 0 unspecified atom stereocenters. The SMILES string of the molecule is O=C(c1c(-c2ccc(F)cc2)sc2cc(O)ccc12)C1C2CC3CC(C2)CC1C3. The molecule has 4 aliphatic rings. The third-order valence-electron chi connectivity index (χ3n) is 7.56. The van der Waals surface area contributed by atoms with E-state index in [-0.39, 0.29) is 23.3 Å². The molecule has 1 aromatic heterocycles. The van der Waals surface area contributed by atoms with Crippen LogP contribution in [-0.2, 0) is 0 Å². The van der Waals surface area contributed by atoms with E-state index in [1.54, 1.807) is 24.3 Å². The van der Waals surface area contributed by atoms with E-state index >= 15 is 0 Å². The second kappa shape index (κ2) is 6.40. The fraction of sp³-hybridized carbons (Fsp3) is 0.400. The number of hydrogen-bond acceptors (Lipinski definition) is 3. The molecule has 4 aliphatic carbocycles. The van der Waals surface area contributed by atoms with E-state index in [0.29, 0.717) is 11.8 Å². The van der Waals surface area contributed by atoms with E-state index < -0.39 is 0 Å². The smallest absolute Gasteiger partial charge is 0.168 e. The molecule has 2 nitrogen and oxygen atoms in total. The summed E-state index contributed by atoms with van der Waals surface area (Å²) < 4.78 is 14.4. The second-order valence-electron chi connectivity index (χ2n) is 9.31. The molecule has 7 rings (SSSR count). The van der Waals surface area contributed by atoms with Gasteiger partial charge in [0.15, 0.2) is 5.78 Å². The third kappa shape index (κ3) is 2.76. The molecule has 4 heteroatoms. The fourth-order valence-corrected chi connectivity index (χ4v) is 7.90. The van der Waals surface area contributed by atoms with Gasteiger partial charge < -0.3 is 5.11 Å². The molecule has 0 aliphatic heterocycles. The van der Waals surface area contributed by atoms with Crippen LogP contribution in [0, 0.1) is 35.4 Å². The van der Waals surface area contributed by atoms with Crippen LogP contribution in [0.15, 0.2) is 42.5 Å². The van der Waals surface area contributed by atoms with Gasteiger partial charge in [0.1, 0.15) is 11.6 Å². The van der Waals surface area contributed by atoms with Gasteiger partial charge in [0.25, 0.3) is 0 Å². The van der Waals surface area contributed by atoms with Crippen LogP contribution >= 0.6 is 11.3 Å². The van der Waals surface area contributed by atoms with Crippen molar-refractivity contribution in [3.8, 4) is 16.2 Å². The minimum Gasteiger partial charge on any atom is -0.508 e. The van der Waals surface area contributed by atoms with Crippen LogP contribution in [0.2, 0.25) is 0 Å². The minimum atomic E-state index is -0.276. The van der Waals surface area contributed by atoms with Gasteiger partial charge >= 0.3 is 0 Å². The highest BCUT2D eigenvalue weighted by molar-refractivity contribution is 7.22. The van der Waals surface area contributed by atoms with Crippen LogP contribution in [-0.4, -0.2) is 10.9 Å². The molecular weight excluding hydrogens is 383 g/mol. The Labute approximate surface area is 173 Å². The standard InChI is InChI=1S/C25H23FO2S/c26-18-3-1-15(2-4-18)25-23(20-6-5-19(27)12-21(20)29-25)24(28)22-16-8-13-7-14(10-16)11-17(22)9-13/h1-6,12-14,16-17,22,27H,7-11H2. The van der Waals surface area contributed by atoms with Crippen molar-refractivity contribution in [2.75, 3.05) is 0 Å². The molecule has 0 atom stereocenters. The molecule has 0 saturated heterocycles. The van der Waals surface area contributed by atoms with Crippen molar-refractivity contribution < 1.29 is 14.3 Å². The van der Waals surface area contributed by atoms with Crippen molar-refractivity contribution in [2.24, 2.45) is 29.6 Å². The Morgan fingerprint density at radius 2 is 1.59 bits per heavy atom. The largest absolute Gasteiger partial charge is 0.508 e. The van der Waals surface area contributed by atoms with Gasteiger partial charge in [-0.3, -0.25) is 4.79 Å². The molecular formula is C25H23FO2S. The lowest BCUT2D eigenvalue weighted by atomic mass is 9.51. The zero-order valence-electron chi connectivity index (χ0n) is 16.1. The summed E-state index contributed by atoms with van der Waals surface area (Å²) in [4.78, 5) is 14.9. The van der Waals surface area contributed by atoms with Crippen molar-refractivity contribution in [2.45, 2.75) is 32.1 Å². The van der Waals surface area contributed by atoms with Gasteiger partial charge in [-0.1, -0.05) is 12.1 Å². The first-order valence-corrected chi connectivity index (χ1v) is 11.4. The van der Waals surface area contributed by atoms with E-state index in [0.717, 1.165) is 37.9 Å². The molecule has 1 N–H and O–H groups in total. The number of fused-ring (bicyclic) bond motifs is 1. The zero-order valence-corrected chi connectivity index (χ0v) is 16.9. The minimum absolute atomic E-state index is 0.119. The maximum Gasteiger partial charge on any atom is 0.168 e. The molecule has 3 aromatic rings. The van der Waals surface area contributed by atoms with Gasteiger partial charge in [0.2, 0.25) is 0 Å². The predicted octanol–water partition coefficient (Wildman–Crippen LogP) is 6.67. The Balaban J connectivity index is 1.50. The summed E-state index contributed by atoms with van der Waals surface area (Å²) >= 11 is 1.52. The van der Waals surface area contributed by atoms with Crippen molar-refractivity contribution in [3.63, 3.8) is 0 Å². The number of thiophene rings is 1. The number of hydrogen-bond donors (Lipinski definition) is 1. The first-order chi connectivity index (χ1) is 14.1. The summed E-state index contributed by atoms with van der Waals surface area (Å²) in [6.45, 7) is 0. The number of halogens is 1. The molecule has 0 amide bonds. The van der Waals surface area contributed by atoms with Crippen LogP contribution in [0.5, 0.6) is 5.75 Å². The number of aromatic hydroxyl groups is 1. The lowest BCUT2D eigenvalue weighted by Gasteiger charge is -2.53. The average Bonchev–Trinajstić information content (AvgIpc) is 3.06. The Morgan fingerprint density at radius 3 is 2.24 bits per heavy atom. The van der Waals surface area contributed by atoms with Crippen LogP contribution in [0.25, 0.3) is 20.5 Å². The number of Topliss-reactive ketones (excluding diaryl/α,β-unsaturated/α-hetero) is 1. The van der Waals surface area contributed by atoms with Gasteiger partial charge in [-0.05, 0) is 91.7 Å². The number of ketones is 1. The summed E-state index contributed by atoms with van der Waals surface area (Å²) in [5.74, 6) is 3.02. The van der Waals surface area contributed by atoms with Crippen molar-refractivity contribution in [1.82, 2.24) is 0 Å². The molecule has 29 heavy (non-hydrogen) atoms. The highest BCUT2D eigenvalue weighted by Crippen LogP contribution is 2.58. The lowest BCUT2D eigenvalue weighted by Crippen LogP contribution is -2.48. The first kappa shape index (κ1) is 17.6. The van der Waals surface area contributed by atoms with Crippen LogP contribution < -0.4 is 0 Å². The Kier molecular flexibility index (Phi) is 3.89. The molecule has 2 aromatic carbocycles. The van der Waals surface area contributed by atoms with E-state index in [2.05, 4.69) is 0 Å². The maximum absolute atomic E-state index is 14.0. The molecule has 148 valence electrons. The van der Waals surface area contributed by atoms with E-state index in [1.165, 1.54) is 55.6 Å². The monoisotopic (exact) mass is 406 g/mol. The molecule has 4 fully saturated rings. The highest BCUT2D eigenvalue weighted by Gasteiger charge is 2.51. The van der Waals surface area contributed by atoms with Crippen molar-refractivity contribution in [1.29, 1.82) is 0 Å². The number of carbonyl (C=O) groups is 1. The summed E-state index contributed by atoms with van der Waals surface area (Å²) in [6, 6.07) is 11.7. The normalized spacial score (nSPS) is 30.2. The van der Waals surface area contributed by atoms with Crippen LogP contribution in [0.3, 0.4) is 0 Å². The van der Waals surface area contributed by atoms with Gasteiger partial charge in [-0.2, -0.15) is 0 Å². The van der Waals surface area contributed by atoms with Gasteiger partial charge in [-0.15, -0.1) is 11.3 Å². The van der Waals surface area contributed by atoms with E-state index in [9.17, 15) is 14.3 Å². The summed E-state index contributed by atoms with van der Waals surface area (Å²) in [5.41, 5.74) is 1.66. The first-order valence-electron chi connectivity index (χ1n) is 10.6. The van der Waals surface area contributed by atoms with Crippen LogP contribution in [0.4, 0.5) is 4.39 Å². The Bertz CT molecular complexity index is 1090. The van der Waals surface area contributed by atoms with Crippen molar-refractivity contribution >= 4 is 27.2 Å².